The van der Waals surface area contributed by atoms with Crippen molar-refractivity contribution in [2.45, 2.75) is 26.3 Å². The highest BCUT2D eigenvalue weighted by Gasteiger charge is 2.06. The van der Waals surface area contributed by atoms with Gasteiger partial charge in [-0.1, -0.05) is 6.92 Å². The summed E-state index contributed by atoms with van der Waals surface area (Å²) in [6, 6.07) is -0.438. The zero-order valence-corrected chi connectivity index (χ0v) is 6.59. The van der Waals surface area contributed by atoms with Crippen molar-refractivity contribution in [1.82, 2.24) is 0 Å². The molecule has 60 valence electrons. The van der Waals surface area contributed by atoms with Gasteiger partial charge in [0.25, 0.3) is 0 Å². The predicted octanol–water partition coefficient (Wildman–Crippen LogP) is 0.329. The van der Waals surface area contributed by atoms with Crippen LogP contribution in [0.3, 0.4) is 0 Å². The molecule has 0 rings (SSSR count). The van der Waals surface area contributed by atoms with Gasteiger partial charge >= 0.3 is 0 Å². The van der Waals surface area contributed by atoms with E-state index in [9.17, 15) is 4.79 Å². The van der Waals surface area contributed by atoms with Crippen LogP contribution in [0.1, 0.15) is 20.3 Å². The second kappa shape index (κ2) is 5.38. The van der Waals surface area contributed by atoms with Gasteiger partial charge < -0.3 is 10.5 Å². The van der Waals surface area contributed by atoms with Crippen molar-refractivity contribution in [2.24, 2.45) is 5.73 Å². The minimum atomic E-state index is -0.438. The first kappa shape index (κ1) is 9.59. The molecule has 0 aliphatic carbocycles. The Hall–Kier alpha value is -0.410. The van der Waals surface area contributed by atoms with Crippen LogP contribution in [-0.4, -0.2) is 25.0 Å². The van der Waals surface area contributed by atoms with Crippen LogP contribution in [0.15, 0.2) is 0 Å². The number of hydrogen-bond acceptors (Lipinski definition) is 3. The number of hydrogen-bond donors (Lipinski definition) is 1. The van der Waals surface area contributed by atoms with Crippen LogP contribution in [0.4, 0.5) is 0 Å². The molecular weight excluding hydrogens is 130 g/mol. The monoisotopic (exact) mass is 145 g/mol. The molecule has 3 heteroatoms. The van der Waals surface area contributed by atoms with Gasteiger partial charge in [0.05, 0.1) is 12.6 Å². The molecule has 0 aliphatic rings. The zero-order chi connectivity index (χ0) is 7.98. The van der Waals surface area contributed by atoms with Gasteiger partial charge in [0.1, 0.15) is 5.78 Å². The third-order valence-electron chi connectivity index (χ3n) is 1.17. The first-order valence-corrected chi connectivity index (χ1v) is 3.52. The molecule has 0 heterocycles. The SMILES string of the molecule is CCCOCC(N)C(C)=O. The summed E-state index contributed by atoms with van der Waals surface area (Å²) in [5, 5.41) is 0. The Labute approximate surface area is 61.5 Å². The average molecular weight is 145 g/mol. The van der Waals surface area contributed by atoms with Gasteiger partial charge in [-0.3, -0.25) is 4.79 Å². The minimum Gasteiger partial charge on any atom is -0.379 e. The van der Waals surface area contributed by atoms with Crippen molar-refractivity contribution in [2.75, 3.05) is 13.2 Å². The smallest absolute Gasteiger partial charge is 0.148 e. The van der Waals surface area contributed by atoms with E-state index >= 15 is 0 Å². The fourth-order valence-electron chi connectivity index (χ4n) is 0.472. The largest absolute Gasteiger partial charge is 0.379 e. The van der Waals surface area contributed by atoms with Crippen molar-refractivity contribution in [3.63, 3.8) is 0 Å². The summed E-state index contributed by atoms with van der Waals surface area (Å²) in [7, 11) is 0. The highest BCUT2D eigenvalue weighted by atomic mass is 16.5. The molecule has 0 fully saturated rings. The molecular formula is C7H15NO2. The Morgan fingerprint density at radius 2 is 2.30 bits per heavy atom. The van der Waals surface area contributed by atoms with Crippen molar-refractivity contribution in [3.8, 4) is 0 Å². The summed E-state index contributed by atoms with van der Waals surface area (Å²) in [4.78, 5) is 10.5. The van der Waals surface area contributed by atoms with E-state index in [1.807, 2.05) is 6.92 Å². The molecule has 0 aromatic rings. The molecule has 0 saturated heterocycles. The highest BCUT2D eigenvalue weighted by Crippen LogP contribution is 1.85. The van der Waals surface area contributed by atoms with E-state index in [4.69, 9.17) is 10.5 Å². The minimum absolute atomic E-state index is 0.0175. The molecule has 0 bridgehead atoms. The van der Waals surface area contributed by atoms with E-state index in [0.29, 0.717) is 13.2 Å². The Kier molecular flexibility index (Phi) is 5.16. The molecule has 0 aromatic carbocycles. The number of Topliss-reactive ketones (excluding diaryl/α,β-unsaturated/α-hetero) is 1. The van der Waals surface area contributed by atoms with Crippen LogP contribution >= 0.6 is 0 Å². The van der Waals surface area contributed by atoms with Gasteiger partial charge in [-0.15, -0.1) is 0 Å². The first-order chi connectivity index (χ1) is 4.68. The topological polar surface area (TPSA) is 52.3 Å². The number of ketones is 1. The summed E-state index contributed by atoms with van der Waals surface area (Å²) in [6.07, 6.45) is 0.963. The van der Waals surface area contributed by atoms with Gasteiger partial charge in [0.15, 0.2) is 0 Å². The molecule has 0 saturated carbocycles. The van der Waals surface area contributed by atoms with E-state index in [1.165, 1.54) is 6.92 Å². The first-order valence-electron chi connectivity index (χ1n) is 3.52. The van der Waals surface area contributed by atoms with Crippen LogP contribution < -0.4 is 5.73 Å². The molecule has 0 radical (unpaired) electrons. The van der Waals surface area contributed by atoms with E-state index in [-0.39, 0.29) is 5.78 Å². The fourth-order valence-corrected chi connectivity index (χ4v) is 0.472. The molecule has 3 nitrogen and oxygen atoms in total. The van der Waals surface area contributed by atoms with E-state index in [1.54, 1.807) is 0 Å². The maximum atomic E-state index is 10.5. The number of carbonyl (C=O) groups is 1. The molecule has 1 unspecified atom stereocenters. The van der Waals surface area contributed by atoms with E-state index in [0.717, 1.165) is 6.42 Å². The summed E-state index contributed by atoms with van der Waals surface area (Å²) in [5.41, 5.74) is 5.38. The molecule has 0 spiro atoms. The Bertz CT molecular complexity index is 104. The van der Waals surface area contributed by atoms with Gasteiger partial charge in [-0.25, -0.2) is 0 Å². The quantitative estimate of drug-likeness (QED) is 0.567. The lowest BCUT2D eigenvalue weighted by Gasteiger charge is -2.06. The van der Waals surface area contributed by atoms with Crippen molar-refractivity contribution in [1.29, 1.82) is 0 Å². The average Bonchev–Trinajstić information content (AvgIpc) is 1.88. The molecule has 0 aliphatic heterocycles. The second-order valence-electron chi connectivity index (χ2n) is 2.29. The molecule has 0 aromatic heterocycles. The van der Waals surface area contributed by atoms with Gasteiger partial charge in [-0.2, -0.15) is 0 Å². The lowest BCUT2D eigenvalue weighted by atomic mass is 10.2. The summed E-state index contributed by atoms with van der Waals surface area (Å²) in [6.45, 7) is 4.52. The van der Waals surface area contributed by atoms with Crippen LogP contribution in [-0.2, 0) is 9.53 Å². The Morgan fingerprint density at radius 1 is 1.70 bits per heavy atom. The van der Waals surface area contributed by atoms with Crippen molar-refractivity contribution >= 4 is 5.78 Å². The van der Waals surface area contributed by atoms with Crippen molar-refractivity contribution < 1.29 is 9.53 Å². The van der Waals surface area contributed by atoms with Gasteiger partial charge in [0.2, 0.25) is 0 Å². The predicted molar refractivity (Wildman–Crippen MR) is 39.8 cm³/mol. The molecule has 10 heavy (non-hydrogen) atoms. The molecule has 2 N–H and O–H groups in total. The summed E-state index contributed by atoms with van der Waals surface area (Å²) >= 11 is 0. The van der Waals surface area contributed by atoms with E-state index in [2.05, 4.69) is 0 Å². The Morgan fingerprint density at radius 3 is 2.70 bits per heavy atom. The van der Waals surface area contributed by atoms with Crippen LogP contribution in [0.25, 0.3) is 0 Å². The lowest BCUT2D eigenvalue weighted by molar-refractivity contribution is -0.119. The van der Waals surface area contributed by atoms with Gasteiger partial charge in [-0.05, 0) is 13.3 Å². The summed E-state index contributed by atoms with van der Waals surface area (Å²) in [5.74, 6) is -0.0175. The van der Waals surface area contributed by atoms with E-state index < -0.39 is 6.04 Å². The maximum Gasteiger partial charge on any atom is 0.148 e. The third kappa shape index (κ3) is 4.47. The van der Waals surface area contributed by atoms with Crippen LogP contribution in [0.2, 0.25) is 0 Å². The standard InChI is InChI=1S/C7H15NO2/c1-3-4-10-5-7(8)6(2)9/h7H,3-5,8H2,1-2H3. The number of ether oxygens (including phenoxy) is 1. The second-order valence-corrected chi connectivity index (χ2v) is 2.29. The van der Waals surface area contributed by atoms with Crippen LogP contribution in [0, 0.1) is 0 Å². The zero-order valence-electron chi connectivity index (χ0n) is 6.59. The summed E-state index contributed by atoms with van der Waals surface area (Å²) < 4.78 is 5.06. The van der Waals surface area contributed by atoms with Crippen LogP contribution in [0.5, 0.6) is 0 Å². The Balaban J connectivity index is 3.21. The third-order valence-corrected chi connectivity index (χ3v) is 1.17. The normalized spacial score (nSPS) is 13.1. The lowest BCUT2D eigenvalue weighted by Crippen LogP contribution is -2.33. The maximum absolute atomic E-state index is 10.5. The highest BCUT2D eigenvalue weighted by molar-refractivity contribution is 5.81. The number of rotatable bonds is 5. The number of carbonyl (C=O) groups excluding carboxylic acids is 1. The molecule has 1 atom stereocenters. The van der Waals surface area contributed by atoms with Gasteiger partial charge in [0, 0.05) is 6.61 Å². The van der Waals surface area contributed by atoms with Crippen molar-refractivity contribution in [3.05, 3.63) is 0 Å². The fraction of sp³-hybridized carbons (Fsp3) is 0.857. The number of nitrogens with two attached hydrogens (primary N) is 1. The molecule has 0 amide bonds.